The highest BCUT2D eigenvalue weighted by molar-refractivity contribution is 5.66. The topological polar surface area (TPSA) is 6.48 Å². The van der Waals surface area contributed by atoms with Crippen molar-refractivity contribution >= 4 is 11.4 Å². The highest BCUT2D eigenvalue weighted by Gasteiger charge is 2.23. The van der Waals surface area contributed by atoms with Crippen molar-refractivity contribution in [1.29, 1.82) is 0 Å². The molecule has 41 heavy (non-hydrogen) atoms. The predicted molar refractivity (Wildman–Crippen MR) is 179 cm³/mol. The van der Waals surface area contributed by atoms with E-state index in [4.69, 9.17) is 6.58 Å². The zero-order chi connectivity index (χ0) is 28.6. The van der Waals surface area contributed by atoms with Gasteiger partial charge in [-0.15, -0.1) is 0 Å². The summed E-state index contributed by atoms with van der Waals surface area (Å²) < 4.78 is 0. The van der Waals surface area contributed by atoms with Crippen molar-refractivity contribution in [2.24, 2.45) is 11.8 Å². The number of allylic oxidation sites excluding steroid dienone is 2. The maximum Gasteiger partial charge on any atom is 0.0478 e. The van der Waals surface area contributed by atoms with Gasteiger partial charge in [0.25, 0.3) is 0 Å². The molecule has 0 amide bonds. The van der Waals surface area contributed by atoms with E-state index in [1.807, 2.05) is 0 Å². The molecule has 2 nitrogen and oxygen atoms in total. The van der Waals surface area contributed by atoms with Gasteiger partial charge in [-0.3, -0.25) is 0 Å². The third-order valence-electron chi connectivity index (χ3n) is 9.57. The minimum absolute atomic E-state index is 0.577. The fraction of sp³-hybridized carbons (Fsp3) is 0.436. The van der Waals surface area contributed by atoms with Crippen LogP contribution >= 0.6 is 0 Å². The van der Waals surface area contributed by atoms with E-state index in [1.165, 1.54) is 109 Å². The summed E-state index contributed by atoms with van der Waals surface area (Å²) in [4.78, 5) is 4.65. The SMILES string of the molecule is C=C(CCc1cccc(N(Cc2ccc(-c3ccc(N(C)C)cc3)cc2)C(=C)C2CCCCC2)c1)C1CCCCC1. The van der Waals surface area contributed by atoms with E-state index in [1.54, 1.807) is 0 Å². The van der Waals surface area contributed by atoms with Crippen LogP contribution in [0.2, 0.25) is 0 Å². The highest BCUT2D eigenvalue weighted by atomic mass is 15.1. The molecule has 3 aromatic carbocycles. The van der Waals surface area contributed by atoms with Gasteiger partial charge in [0.05, 0.1) is 0 Å². The number of nitrogens with zero attached hydrogens (tertiary/aromatic N) is 2. The summed E-state index contributed by atoms with van der Waals surface area (Å²) in [6.45, 7) is 10.1. The third kappa shape index (κ3) is 7.73. The molecule has 3 aromatic rings. The minimum atomic E-state index is 0.577. The van der Waals surface area contributed by atoms with E-state index < -0.39 is 0 Å². The Morgan fingerprint density at radius 2 is 1.24 bits per heavy atom. The number of rotatable bonds is 11. The van der Waals surface area contributed by atoms with Crippen LogP contribution in [-0.4, -0.2) is 14.1 Å². The molecule has 216 valence electrons. The van der Waals surface area contributed by atoms with Gasteiger partial charge < -0.3 is 9.80 Å². The molecular weight excluding hydrogens is 496 g/mol. The quantitative estimate of drug-likeness (QED) is 0.221. The van der Waals surface area contributed by atoms with Gasteiger partial charge in [0.2, 0.25) is 0 Å². The number of hydrogen-bond acceptors (Lipinski definition) is 2. The average molecular weight is 547 g/mol. The van der Waals surface area contributed by atoms with Crippen LogP contribution in [0, 0.1) is 11.8 Å². The first-order valence-electron chi connectivity index (χ1n) is 16.1. The summed E-state index contributed by atoms with van der Waals surface area (Å²) in [6, 6.07) is 27.2. The van der Waals surface area contributed by atoms with E-state index in [-0.39, 0.29) is 0 Å². The second-order valence-electron chi connectivity index (χ2n) is 12.7. The molecule has 2 fully saturated rings. The van der Waals surface area contributed by atoms with Gasteiger partial charge in [-0.2, -0.15) is 0 Å². The van der Waals surface area contributed by atoms with E-state index in [0.717, 1.165) is 25.3 Å². The fourth-order valence-electron chi connectivity index (χ4n) is 6.85. The number of benzene rings is 3. The summed E-state index contributed by atoms with van der Waals surface area (Å²) >= 11 is 0. The molecule has 0 atom stereocenters. The van der Waals surface area contributed by atoms with Gasteiger partial charge in [-0.05, 0) is 96.9 Å². The molecule has 0 radical (unpaired) electrons. The smallest absolute Gasteiger partial charge is 0.0478 e. The Kier molecular flexibility index (Phi) is 10.0. The van der Waals surface area contributed by atoms with Crippen LogP contribution < -0.4 is 9.80 Å². The summed E-state index contributed by atoms with van der Waals surface area (Å²) in [5.41, 5.74) is 10.5. The first kappa shape index (κ1) is 29.2. The summed E-state index contributed by atoms with van der Waals surface area (Å²) in [5.74, 6) is 1.32. The van der Waals surface area contributed by atoms with Crippen molar-refractivity contribution in [2.75, 3.05) is 23.9 Å². The van der Waals surface area contributed by atoms with Gasteiger partial charge in [-0.1, -0.05) is 106 Å². The number of aryl methyl sites for hydroxylation is 1. The summed E-state index contributed by atoms with van der Waals surface area (Å²) in [5, 5.41) is 0. The summed E-state index contributed by atoms with van der Waals surface area (Å²) in [6.07, 6.45) is 15.5. The van der Waals surface area contributed by atoms with Crippen LogP contribution in [0.1, 0.15) is 81.8 Å². The maximum absolute atomic E-state index is 4.71. The third-order valence-corrected chi connectivity index (χ3v) is 9.57. The van der Waals surface area contributed by atoms with E-state index >= 15 is 0 Å². The molecule has 0 unspecified atom stereocenters. The van der Waals surface area contributed by atoms with E-state index in [0.29, 0.717) is 5.92 Å². The van der Waals surface area contributed by atoms with Crippen molar-refractivity contribution < 1.29 is 0 Å². The number of anilines is 2. The molecule has 2 saturated carbocycles. The Labute approximate surface area is 249 Å². The Bertz CT molecular complexity index is 1270. The Morgan fingerprint density at radius 3 is 1.85 bits per heavy atom. The highest BCUT2D eigenvalue weighted by Crippen LogP contribution is 2.36. The molecular formula is C39H50N2. The van der Waals surface area contributed by atoms with Crippen molar-refractivity contribution in [3.63, 3.8) is 0 Å². The first-order chi connectivity index (χ1) is 20.0. The standard InChI is InChI=1S/C39H50N2/c1-30(34-13-7-5-8-14-34)18-19-32-12-11-17-39(28-32)41(31(2)35-15-9-6-10-16-35)29-33-20-22-36(23-21-33)37-24-26-38(27-25-37)40(3)4/h11-12,17,20-28,34-35H,1-2,5-10,13-16,18-19,29H2,3-4H3. The molecule has 0 aromatic heterocycles. The van der Waals surface area contributed by atoms with Crippen LogP contribution in [0.5, 0.6) is 0 Å². The normalized spacial score (nSPS) is 16.3. The predicted octanol–water partition coefficient (Wildman–Crippen LogP) is 10.6. The lowest BCUT2D eigenvalue weighted by Gasteiger charge is -2.34. The van der Waals surface area contributed by atoms with Crippen LogP contribution in [0.4, 0.5) is 11.4 Å². The average Bonchev–Trinajstić information content (AvgIpc) is 3.03. The molecule has 2 aliphatic carbocycles. The van der Waals surface area contributed by atoms with Crippen molar-refractivity contribution in [3.8, 4) is 11.1 Å². The zero-order valence-corrected chi connectivity index (χ0v) is 25.6. The molecule has 0 heterocycles. The Morgan fingerprint density at radius 1 is 0.659 bits per heavy atom. The maximum atomic E-state index is 4.71. The lowest BCUT2D eigenvalue weighted by Crippen LogP contribution is -2.27. The first-order valence-corrected chi connectivity index (χ1v) is 16.1. The number of hydrogen-bond donors (Lipinski definition) is 0. The molecule has 0 bridgehead atoms. The van der Waals surface area contributed by atoms with Crippen molar-refractivity contribution in [1.82, 2.24) is 0 Å². The molecule has 0 aliphatic heterocycles. The van der Waals surface area contributed by atoms with Crippen LogP contribution in [0.15, 0.2) is 97.2 Å². The van der Waals surface area contributed by atoms with Crippen LogP contribution in [0.3, 0.4) is 0 Å². The molecule has 0 N–H and O–H groups in total. The van der Waals surface area contributed by atoms with Gasteiger partial charge in [0.1, 0.15) is 0 Å². The molecule has 0 saturated heterocycles. The van der Waals surface area contributed by atoms with Gasteiger partial charge in [0, 0.05) is 37.7 Å². The van der Waals surface area contributed by atoms with Gasteiger partial charge in [-0.25, -0.2) is 0 Å². The lowest BCUT2D eigenvalue weighted by atomic mass is 9.82. The molecule has 0 spiro atoms. The second kappa shape index (κ2) is 14.1. The Balaban J connectivity index is 1.32. The molecule has 2 aliphatic rings. The fourth-order valence-corrected chi connectivity index (χ4v) is 6.85. The monoisotopic (exact) mass is 546 g/mol. The Hall–Kier alpha value is -3.26. The summed E-state index contributed by atoms with van der Waals surface area (Å²) in [7, 11) is 4.17. The van der Waals surface area contributed by atoms with Crippen molar-refractivity contribution in [3.05, 3.63) is 108 Å². The molecule has 5 rings (SSSR count). The van der Waals surface area contributed by atoms with E-state index in [2.05, 4.69) is 103 Å². The minimum Gasteiger partial charge on any atom is -0.378 e. The molecule has 2 heteroatoms. The van der Waals surface area contributed by atoms with Gasteiger partial charge >= 0.3 is 0 Å². The lowest BCUT2D eigenvalue weighted by molar-refractivity contribution is 0.395. The van der Waals surface area contributed by atoms with E-state index in [9.17, 15) is 0 Å². The van der Waals surface area contributed by atoms with Crippen LogP contribution in [0.25, 0.3) is 11.1 Å². The van der Waals surface area contributed by atoms with Crippen molar-refractivity contribution in [2.45, 2.75) is 83.6 Å². The second-order valence-corrected chi connectivity index (χ2v) is 12.7. The zero-order valence-electron chi connectivity index (χ0n) is 25.6. The van der Waals surface area contributed by atoms with Crippen LogP contribution in [-0.2, 0) is 13.0 Å². The van der Waals surface area contributed by atoms with Gasteiger partial charge in [0.15, 0.2) is 0 Å². The largest absolute Gasteiger partial charge is 0.378 e.